The van der Waals surface area contributed by atoms with Crippen molar-refractivity contribution in [1.82, 2.24) is 0 Å². The van der Waals surface area contributed by atoms with Gasteiger partial charge in [-0.05, 0) is 17.7 Å². The van der Waals surface area contributed by atoms with Gasteiger partial charge in [0.15, 0.2) is 0 Å². The summed E-state index contributed by atoms with van der Waals surface area (Å²) in [7, 11) is 2.74. The molecule has 0 atom stereocenters. The first kappa shape index (κ1) is 12.7. The Bertz CT molecular complexity index is 414. The van der Waals surface area contributed by atoms with Gasteiger partial charge in [-0.3, -0.25) is 4.79 Å². The van der Waals surface area contributed by atoms with E-state index in [1.807, 2.05) is 0 Å². The van der Waals surface area contributed by atoms with Crippen molar-refractivity contribution in [3.05, 3.63) is 28.2 Å². The summed E-state index contributed by atoms with van der Waals surface area (Å²) in [6, 6.07) is 5.19. The zero-order chi connectivity index (χ0) is 12.1. The van der Waals surface area contributed by atoms with Gasteiger partial charge in [0.1, 0.15) is 5.75 Å². The molecule has 0 bridgehead atoms. The molecule has 5 heteroatoms. The quantitative estimate of drug-likeness (QED) is 0.625. The molecule has 16 heavy (non-hydrogen) atoms. The lowest BCUT2D eigenvalue weighted by atomic mass is 10.1. The van der Waals surface area contributed by atoms with Crippen LogP contribution in [0.2, 0.25) is 0 Å². The summed E-state index contributed by atoms with van der Waals surface area (Å²) in [6.07, 6.45) is 0.0112. The number of hydrogen-bond donors (Lipinski definition) is 0. The molecule has 0 amide bonds. The molecule has 1 rings (SSSR count). The van der Waals surface area contributed by atoms with Crippen LogP contribution in [0.25, 0.3) is 0 Å². The van der Waals surface area contributed by atoms with Gasteiger partial charge in [0.25, 0.3) is 0 Å². The highest BCUT2D eigenvalue weighted by Crippen LogP contribution is 2.23. The molecule has 4 nitrogen and oxygen atoms in total. The van der Waals surface area contributed by atoms with E-state index >= 15 is 0 Å². The molecule has 0 N–H and O–H groups in total. The minimum atomic E-state index is -0.831. The van der Waals surface area contributed by atoms with Gasteiger partial charge in [0.2, 0.25) is 5.78 Å². The fourth-order valence-corrected chi connectivity index (χ4v) is 1.66. The number of esters is 1. The van der Waals surface area contributed by atoms with Gasteiger partial charge in [-0.2, -0.15) is 0 Å². The topological polar surface area (TPSA) is 52.6 Å². The van der Waals surface area contributed by atoms with Gasteiger partial charge < -0.3 is 9.47 Å². The van der Waals surface area contributed by atoms with Crippen LogP contribution in [0.5, 0.6) is 5.75 Å². The molecule has 0 unspecified atom stereocenters. The second-order valence-electron chi connectivity index (χ2n) is 3.05. The Morgan fingerprint density at radius 3 is 2.50 bits per heavy atom. The lowest BCUT2D eigenvalue weighted by molar-refractivity contribution is -0.151. The summed E-state index contributed by atoms with van der Waals surface area (Å²) < 4.78 is 10.1. The maximum Gasteiger partial charge on any atom is 0.374 e. The predicted octanol–water partition coefficient (Wildman–Crippen LogP) is 1.74. The third-order valence-corrected chi connectivity index (χ3v) is 2.76. The van der Waals surface area contributed by atoms with Crippen molar-refractivity contribution in [2.24, 2.45) is 0 Å². The summed E-state index contributed by atoms with van der Waals surface area (Å²) in [4.78, 5) is 22.3. The highest BCUT2D eigenvalue weighted by molar-refractivity contribution is 9.10. The average Bonchev–Trinajstić information content (AvgIpc) is 2.30. The number of carbonyl (C=O) groups excluding carboxylic acids is 2. The van der Waals surface area contributed by atoms with Crippen LogP contribution in [0.1, 0.15) is 5.56 Å². The van der Waals surface area contributed by atoms with Crippen LogP contribution in [0.15, 0.2) is 22.7 Å². The van der Waals surface area contributed by atoms with Crippen LogP contribution < -0.4 is 4.74 Å². The number of methoxy groups -OCH3 is 2. The summed E-state index contributed by atoms with van der Waals surface area (Å²) >= 11 is 3.30. The molecular weight excluding hydrogens is 276 g/mol. The molecule has 1 aromatic rings. The van der Waals surface area contributed by atoms with E-state index in [0.717, 1.165) is 10.0 Å². The Hall–Kier alpha value is -1.36. The van der Waals surface area contributed by atoms with E-state index in [-0.39, 0.29) is 6.42 Å². The Balaban J connectivity index is 2.82. The minimum Gasteiger partial charge on any atom is -0.497 e. The van der Waals surface area contributed by atoms with E-state index < -0.39 is 11.8 Å². The number of ketones is 1. The van der Waals surface area contributed by atoms with E-state index in [2.05, 4.69) is 20.7 Å². The molecule has 0 heterocycles. The van der Waals surface area contributed by atoms with Crippen LogP contribution in [0.3, 0.4) is 0 Å². The van der Waals surface area contributed by atoms with Gasteiger partial charge >= 0.3 is 5.97 Å². The Labute approximate surface area is 102 Å². The number of rotatable bonds is 4. The third-order valence-electron chi connectivity index (χ3n) is 2.02. The zero-order valence-corrected chi connectivity index (χ0v) is 10.5. The SMILES string of the molecule is COC(=O)C(=O)Cc1ccc(OC)cc1Br. The third kappa shape index (κ3) is 3.06. The monoisotopic (exact) mass is 286 g/mol. The van der Waals surface area contributed by atoms with Crippen molar-refractivity contribution in [2.45, 2.75) is 6.42 Å². The maximum absolute atomic E-state index is 11.3. The van der Waals surface area contributed by atoms with Crippen LogP contribution in [-0.2, 0) is 20.7 Å². The molecule has 0 aliphatic heterocycles. The lowest BCUT2D eigenvalue weighted by Crippen LogP contribution is -2.17. The average molecular weight is 287 g/mol. The Morgan fingerprint density at radius 2 is 2.00 bits per heavy atom. The van der Waals surface area contributed by atoms with Crippen molar-refractivity contribution in [1.29, 1.82) is 0 Å². The highest BCUT2D eigenvalue weighted by atomic mass is 79.9. The predicted molar refractivity (Wildman–Crippen MR) is 61.4 cm³/mol. The standard InChI is InChI=1S/C11H11BrO4/c1-15-8-4-3-7(9(12)6-8)5-10(13)11(14)16-2/h3-4,6H,5H2,1-2H3. The second kappa shape index (κ2) is 5.65. The molecule has 0 aliphatic rings. The second-order valence-corrected chi connectivity index (χ2v) is 3.90. The van der Waals surface area contributed by atoms with Crippen LogP contribution in [0.4, 0.5) is 0 Å². The first-order valence-electron chi connectivity index (χ1n) is 4.52. The number of halogens is 1. The van der Waals surface area contributed by atoms with Crippen molar-refractivity contribution < 1.29 is 19.1 Å². The molecule has 0 aromatic heterocycles. The number of carbonyl (C=O) groups is 2. The van der Waals surface area contributed by atoms with Gasteiger partial charge in [0, 0.05) is 10.9 Å². The Kier molecular flexibility index (Phi) is 4.49. The molecule has 0 spiro atoms. The minimum absolute atomic E-state index is 0.0112. The van der Waals surface area contributed by atoms with Gasteiger partial charge in [-0.25, -0.2) is 4.79 Å². The summed E-state index contributed by atoms with van der Waals surface area (Å²) in [5.41, 5.74) is 0.719. The zero-order valence-electron chi connectivity index (χ0n) is 8.95. The van der Waals surface area contributed by atoms with Crippen molar-refractivity contribution in [3.63, 3.8) is 0 Å². The lowest BCUT2D eigenvalue weighted by Gasteiger charge is -2.05. The maximum atomic E-state index is 11.3. The molecule has 0 fully saturated rings. The van der Waals surface area contributed by atoms with E-state index in [1.54, 1.807) is 25.3 Å². The fraction of sp³-hybridized carbons (Fsp3) is 0.273. The smallest absolute Gasteiger partial charge is 0.374 e. The van der Waals surface area contributed by atoms with Crippen LogP contribution in [-0.4, -0.2) is 26.0 Å². The highest BCUT2D eigenvalue weighted by Gasteiger charge is 2.16. The molecule has 0 saturated carbocycles. The number of benzene rings is 1. The summed E-state index contributed by atoms with van der Waals surface area (Å²) in [5, 5.41) is 0. The summed E-state index contributed by atoms with van der Waals surface area (Å²) in [6.45, 7) is 0. The Morgan fingerprint density at radius 1 is 1.31 bits per heavy atom. The first-order valence-corrected chi connectivity index (χ1v) is 5.31. The molecule has 0 saturated heterocycles. The molecule has 1 aromatic carbocycles. The first-order chi connectivity index (χ1) is 7.58. The van der Waals surface area contributed by atoms with Crippen LogP contribution in [0, 0.1) is 0 Å². The molecular formula is C11H11BrO4. The fourth-order valence-electron chi connectivity index (χ4n) is 1.16. The van der Waals surface area contributed by atoms with E-state index in [9.17, 15) is 9.59 Å². The number of ether oxygens (including phenoxy) is 2. The van der Waals surface area contributed by atoms with Gasteiger partial charge in [-0.1, -0.05) is 22.0 Å². The number of Topliss-reactive ketones (excluding diaryl/α,β-unsaturated/α-hetero) is 1. The van der Waals surface area contributed by atoms with Gasteiger partial charge in [0.05, 0.1) is 14.2 Å². The van der Waals surface area contributed by atoms with Crippen molar-refractivity contribution >= 4 is 27.7 Å². The summed E-state index contributed by atoms with van der Waals surface area (Å²) in [5.74, 6) is -0.725. The van der Waals surface area contributed by atoms with Crippen molar-refractivity contribution in [3.8, 4) is 5.75 Å². The van der Waals surface area contributed by atoms with Crippen molar-refractivity contribution in [2.75, 3.05) is 14.2 Å². The normalized spacial score (nSPS) is 9.69. The number of hydrogen-bond acceptors (Lipinski definition) is 4. The van der Waals surface area contributed by atoms with Crippen LogP contribution >= 0.6 is 15.9 Å². The van der Waals surface area contributed by atoms with E-state index in [0.29, 0.717) is 5.75 Å². The van der Waals surface area contributed by atoms with E-state index in [4.69, 9.17) is 4.74 Å². The van der Waals surface area contributed by atoms with E-state index in [1.165, 1.54) is 7.11 Å². The molecule has 0 radical (unpaired) electrons. The molecule has 86 valence electrons. The molecule has 0 aliphatic carbocycles. The largest absolute Gasteiger partial charge is 0.497 e. The van der Waals surface area contributed by atoms with Gasteiger partial charge in [-0.15, -0.1) is 0 Å².